The first kappa shape index (κ1) is 12.9. The van der Waals surface area contributed by atoms with Crippen molar-refractivity contribution in [2.24, 2.45) is 0 Å². The van der Waals surface area contributed by atoms with E-state index < -0.39 is 0 Å². The zero-order valence-electron chi connectivity index (χ0n) is 9.27. The normalized spacial score (nSPS) is 10.6. The Hall–Kier alpha value is -0.0800. The first-order chi connectivity index (χ1) is 6.41. The largest absolute Gasteiger partial charge is 0.302 e. The summed E-state index contributed by atoms with van der Waals surface area (Å²) in [5, 5.41) is 0. The molecule has 0 rings (SSSR count). The van der Waals surface area contributed by atoms with Gasteiger partial charge in [-0.2, -0.15) is 0 Å². The lowest BCUT2D eigenvalue weighted by molar-refractivity contribution is 0.0419. The van der Waals surface area contributed by atoms with Gasteiger partial charge in [-0.15, -0.1) is 0 Å². The summed E-state index contributed by atoms with van der Waals surface area (Å²) in [4.78, 5) is 5.16. The Labute approximate surface area is 83.0 Å². The molecule has 0 aromatic heterocycles. The van der Waals surface area contributed by atoms with Crippen molar-refractivity contribution in [2.75, 3.05) is 13.2 Å². The van der Waals surface area contributed by atoms with Crippen LogP contribution in [0.3, 0.4) is 0 Å². The third kappa shape index (κ3) is 11.9. The first-order valence-electron chi connectivity index (χ1n) is 5.76. The van der Waals surface area contributed by atoms with E-state index in [0.29, 0.717) is 0 Å². The fourth-order valence-electron chi connectivity index (χ4n) is 1.31. The molecular weight excluding hydrogens is 162 g/mol. The molecule has 13 heavy (non-hydrogen) atoms. The zero-order chi connectivity index (χ0) is 9.78. The topological polar surface area (TPSA) is 21.3 Å². The standard InChI is InChI=1S/C11H25NO/c1-3-5-6-7-8-9-10-11-13-12-4-2/h12H,3-11H2,1-2H3. The second kappa shape index (κ2) is 11.9. The van der Waals surface area contributed by atoms with Crippen LogP contribution < -0.4 is 5.48 Å². The average Bonchev–Trinajstić information content (AvgIpc) is 2.16. The lowest BCUT2D eigenvalue weighted by Gasteiger charge is -2.03. The Balaban J connectivity index is 2.76. The highest BCUT2D eigenvalue weighted by molar-refractivity contribution is 4.44. The highest BCUT2D eigenvalue weighted by atomic mass is 16.6. The van der Waals surface area contributed by atoms with E-state index in [2.05, 4.69) is 12.4 Å². The minimum atomic E-state index is 0.863. The second-order valence-electron chi connectivity index (χ2n) is 3.47. The third-order valence-electron chi connectivity index (χ3n) is 2.10. The Morgan fingerprint density at radius 3 is 2.08 bits per heavy atom. The van der Waals surface area contributed by atoms with Gasteiger partial charge in [0, 0.05) is 6.54 Å². The molecule has 0 aliphatic rings. The molecule has 0 aromatic carbocycles. The molecule has 0 aromatic rings. The maximum absolute atomic E-state index is 5.16. The maximum atomic E-state index is 5.16. The SMILES string of the molecule is CCCCCCCCCONCC. The van der Waals surface area contributed by atoms with Crippen LogP contribution in [0.2, 0.25) is 0 Å². The number of hydroxylamine groups is 1. The van der Waals surface area contributed by atoms with Gasteiger partial charge in [0.05, 0.1) is 6.61 Å². The molecule has 80 valence electrons. The van der Waals surface area contributed by atoms with E-state index >= 15 is 0 Å². The van der Waals surface area contributed by atoms with E-state index in [9.17, 15) is 0 Å². The van der Waals surface area contributed by atoms with Crippen LogP contribution in [-0.4, -0.2) is 13.2 Å². The first-order valence-corrected chi connectivity index (χ1v) is 5.76. The van der Waals surface area contributed by atoms with E-state index in [-0.39, 0.29) is 0 Å². The smallest absolute Gasteiger partial charge is 0.0682 e. The lowest BCUT2D eigenvalue weighted by atomic mass is 10.1. The van der Waals surface area contributed by atoms with E-state index in [1.165, 1.54) is 44.9 Å². The van der Waals surface area contributed by atoms with Crippen LogP contribution in [-0.2, 0) is 4.84 Å². The van der Waals surface area contributed by atoms with Crippen molar-refractivity contribution >= 4 is 0 Å². The fourth-order valence-corrected chi connectivity index (χ4v) is 1.31. The summed E-state index contributed by atoms with van der Waals surface area (Å²) in [7, 11) is 0. The third-order valence-corrected chi connectivity index (χ3v) is 2.10. The number of unbranched alkanes of at least 4 members (excludes halogenated alkanes) is 6. The molecule has 2 nitrogen and oxygen atoms in total. The van der Waals surface area contributed by atoms with Crippen molar-refractivity contribution in [1.29, 1.82) is 0 Å². The van der Waals surface area contributed by atoms with Crippen LogP contribution in [0.1, 0.15) is 58.8 Å². The summed E-state index contributed by atoms with van der Waals surface area (Å²) in [5.41, 5.74) is 2.86. The van der Waals surface area contributed by atoms with E-state index in [1.807, 2.05) is 6.92 Å². The molecular formula is C11H25NO. The van der Waals surface area contributed by atoms with Crippen molar-refractivity contribution in [3.05, 3.63) is 0 Å². The summed E-state index contributed by atoms with van der Waals surface area (Å²) in [5.74, 6) is 0. The van der Waals surface area contributed by atoms with Gasteiger partial charge in [-0.25, -0.2) is 5.48 Å². The summed E-state index contributed by atoms with van der Waals surface area (Å²) >= 11 is 0. The Kier molecular flexibility index (Phi) is 11.8. The van der Waals surface area contributed by atoms with Gasteiger partial charge in [-0.05, 0) is 6.42 Å². The average molecular weight is 187 g/mol. The molecule has 0 saturated heterocycles. The minimum absolute atomic E-state index is 0.863. The summed E-state index contributed by atoms with van der Waals surface area (Å²) in [6.07, 6.45) is 9.42. The Morgan fingerprint density at radius 2 is 1.46 bits per heavy atom. The molecule has 1 N–H and O–H groups in total. The molecule has 0 heterocycles. The van der Waals surface area contributed by atoms with Crippen LogP contribution >= 0.6 is 0 Å². The highest BCUT2D eigenvalue weighted by Gasteiger charge is 1.90. The minimum Gasteiger partial charge on any atom is -0.302 e. The van der Waals surface area contributed by atoms with Gasteiger partial charge in [0.2, 0.25) is 0 Å². The number of hydrogen-bond acceptors (Lipinski definition) is 2. The molecule has 0 amide bonds. The van der Waals surface area contributed by atoms with E-state index in [4.69, 9.17) is 4.84 Å². The second-order valence-corrected chi connectivity index (χ2v) is 3.47. The molecule has 0 spiro atoms. The van der Waals surface area contributed by atoms with Crippen molar-refractivity contribution in [3.8, 4) is 0 Å². The number of hydrogen-bond donors (Lipinski definition) is 1. The van der Waals surface area contributed by atoms with Crippen LogP contribution in [0.25, 0.3) is 0 Å². The summed E-state index contributed by atoms with van der Waals surface area (Å²) in [6.45, 7) is 6.06. The molecule has 0 unspecified atom stereocenters. The lowest BCUT2D eigenvalue weighted by Crippen LogP contribution is -2.14. The van der Waals surface area contributed by atoms with Gasteiger partial charge in [0.1, 0.15) is 0 Å². The number of nitrogens with one attached hydrogen (secondary N) is 1. The molecule has 0 radical (unpaired) electrons. The number of rotatable bonds is 10. The van der Waals surface area contributed by atoms with Crippen molar-refractivity contribution < 1.29 is 4.84 Å². The molecule has 0 aliphatic heterocycles. The predicted molar refractivity (Wildman–Crippen MR) is 57.6 cm³/mol. The van der Waals surface area contributed by atoms with Crippen LogP contribution in [0.4, 0.5) is 0 Å². The molecule has 0 atom stereocenters. The molecule has 0 aliphatic carbocycles. The van der Waals surface area contributed by atoms with Crippen molar-refractivity contribution in [2.45, 2.75) is 58.8 Å². The Morgan fingerprint density at radius 1 is 0.846 bits per heavy atom. The quantitative estimate of drug-likeness (QED) is 0.418. The van der Waals surface area contributed by atoms with E-state index in [1.54, 1.807) is 0 Å². The van der Waals surface area contributed by atoms with Crippen LogP contribution in [0.5, 0.6) is 0 Å². The van der Waals surface area contributed by atoms with Gasteiger partial charge in [-0.1, -0.05) is 52.4 Å². The van der Waals surface area contributed by atoms with Gasteiger partial charge in [-0.3, -0.25) is 0 Å². The van der Waals surface area contributed by atoms with Gasteiger partial charge in [0.25, 0.3) is 0 Å². The van der Waals surface area contributed by atoms with Crippen molar-refractivity contribution in [1.82, 2.24) is 5.48 Å². The van der Waals surface area contributed by atoms with Crippen LogP contribution in [0, 0.1) is 0 Å². The van der Waals surface area contributed by atoms with E-state index in [0.717, 1.165) is 13.2 Å². The molecule has 0 saturated carbocycles. The predicted octanol–water partition coefficient (Wildman–Crippen LogP) is 3.28. The molecule has 0 fully saturated rings. The van der Waals surface area contributed by atoms with Gasteiger partial charge < -0.3 is 4.84 Å². The van der Waals surface area contributed by atoms with Crippen molar-refractivity contribution in [3.63, 3.8) is 0 Å². The van der Waals surface area contributed by atoms with Crippen LogP contribution in [0.15, 0.2) is 0 Å². The van der Waals surface area contributed by atoms with Gasteiger partial charge >= 0.3 is 0 Å². The summed E-state index contributed by atoms with van der Waals surface area (Å²) in [6, 6.07) is 0. The maximum Gasteiger partial charge on any atom is 0.0682 e. The monoisotopic (exact) mass is 187 g/mol. The summed E-state index contributed by atoms with van der Waals surface area (Å²) < 4.78 is 0. The zero-order valence-corrected chi connectivity index (χ0v) is 9.27. The molecule has 2 heteroatoms. The fraction of sp³-hybridized carbons (Fsp3) is 1.00. The Bertz CT molecular complexity index is 76.2. The van der Waals surface area contributed by atoms with Gasteiger partial charge in [0.15, 0.2) is 0 Å². The highest BCUT2D eigenvalue weighted by Crippen LogP contribution is 2.06. The molecule has 0 bridgehead atoms.